The van der Waals surface area contributed by atoms with Crippen molar-refractivity contribution in [3.05, 3.63) is 114 Å². The van der Waals surface area contributed by atoms with E-state index in [4.69, 9.17) is 19.4 Å². The fourth-order valence-corrected chi connectivity index (χ4v) is 7.34. The monoisotopic (exact) mass is 545 g/mol. The number of fused-ring (bicyclic) bond motifs is 8. The first-order valence-electron chi connectivity index (χ1n) is 15.0. The summed E-state index contributed by atoms with van der Waals surface area (Å²) in [6, 6.07) is 34.1. The molecule has 0 spiro atoms. The molecule has 1 aliphatic carbocycles. The molecule has 0 amide bonds. The maximum atomic E-state index is 6.68. The van der Waals surface area contributed by atoms with Gasteiger partial charge in [-0.2, -0.15) is 0 Å². The molecule has 204 valence electrons. The van der Waals surface area contributed by atoms with Crippen LogP contribution in [0.4, 0.5) is 0 Å². The average molecular weight is 546 g/mol. The molecule has 4 aromatic carbocycles. The van der Waals surface area contributed by atoms with Crippen molar-refractivity contribution in [1.29, 1.82) is 0 Å². The van der Waals surface area contributed by atoms with Gasteiger partial charge in [0.15, 0.2) is 5.82 Å². The average Bonchev–Trinajstić information content (AvgIpc) is 3.54. The first kappa shape index (κ1) is 24.9. The first-order chi connectivity index (χ1) is 20.7. The van der Waals surface area contributed by atoms with Crippen LogP contribution in [0.1, 0.15) is 50.7 Å². The number of pyridine rings is 1. The third-order valence-electron chi connectivity index (χ3n) is 8.97. The van der Waals surface area contributed by atoms with Crippen molar-refractivity contribution in [2.45, 2.75) is 44.9 Å². The molecule has 3 heterocycles. The van der Waals surface area contributed by atoms with Crippen LogP contribution in [-0.2, 0) is 5.41 Å². The Morgan fingerprint density at radius 1 is 0.667 bits per heavy atom. The highest BCUT2D eigenvalue weighted by atomic mass is 16.3. The van der Waals surface area contributed by atoms with E-state index in [0.29, 0.717) is 11.5 Å². The predicted octanol–water partition coefficient (Wildman–Crippen LogP) is 10.1. The Kier molecular flexibility index (Phi) is 5.71. The van der Waals surface area contributed by atoms with Gasteiger partial charge in [0.2, 0.25) is 5.71 Å². The van der Waals surface area contributed by atoms with Gasteiger partial charge in [0.05, 0.1) is 11.2 Å². The van der Waals surface area contributed by atoms with Crippen LogP contribution in [0.5, 0.6) is 0 Å². The van der Waals surface area contributed by atoms with Crippen LogP contribution in [0.2, 0.25) is 0 Å². The minimum absolute atomic E-state index is 0.0579. The number of aromatic nitrogens is 3. The van der Waals surface area contributed by atoms with Gasteiger partial charge in [-0.1, -0.05) is 106 Å². The molecule has 0 fully saturated rings. The van der Waals surface area contributed by atoms with Crippen LogP contribution in [0.15, 0.2) is 108 Å². The summed E-state index contributed by atoms with van der Waals surface area (Å²) >= 11 is 0. The van der Waals surface area contributed by atoms with Crippen LogP contribution in [-0.4, -0.2) is 15.0 Å². The molecule has 0 atom stereocenters. The van der Waals surface area contributed by atoms with Crippen molar-refractivity contribution < 1.29 is 4.42 Å². The zero-order chi connectivity index (χ0) is 28.3. The summed E-state index contributed by atoms with van der Waals surface area (Å²) in [5, 5.41) is 3.14. The molecular formula is C38H31N3O. The largest absolute Gasteiger partial charge is 0.437 e. The minimum atomic E-state index is -0.0579. The number of benzene rings is 4. The Bertz CT molecular complexity index is 2120. The third-order valence-corrected chi connectivity index (χ3v) is 8.97. The molecule has 4 heteroatoms. The first-order valence-corrected chi connectivity index (χ1v) is 15.0. The lowest BCUT2D eigenvalue weighted by Crippen LogP contribution is -2.25. The second-order valence-corrected chi connectivity index (χ2v) is 11.5. The molecule has 42 heavy (non-hydrogen) atoms. The Morgan fingerprint density at radius 3 is 2.26 bits per heavy atom. The Hall–Kier alpha value is -4.83. The predicted molar refractivity (Wildman–Crippen MR) is 172 cm³/mol. The normalized spacial score (nSPS) is 13.6. The van der Waals surface area contributed by atoms with E-state index in [2.05, 4.69) is 74.5 Å². The summed E-state index contributed by atoms with van der Waals surface area (Å²) in [6.07, 6.45) is 6.25. The summed E-state index contributed by atoms with van der Waals surface area (Å²) in [5.41, 5.74) is 10.7. The van der Waals surface area contributed by atoms with E-state index in [1.807, 2.05) is 42.6 Å². The standard InChI is InChI=1S/C38H31N3O/c1-3-20-38(21-4-2)31-16-10-8-14-26(31)27-18-19-28-30-22-25(23-39-37(30)42-35(28)33(27)38)36-40-32-17-11-9-15-29(32)34(41-36)24-12-6-5-7-13-24/h5-19,22-23H,3-4,20-21H2,1-2H3. The molecule has 0 N–H and O–H groups in total. The topological polar surface area (TPSA) is 51.8 Å². The van der Waals surface area contributed by atoms with Crippen LogP contribution in [0.3, 0.4) is 0 Å². The quantitative estimate of drug-likeness (QED) is 0.209. The van der Waals surface area contributed by atoms with E-state index in [9.17, 15) is 0 Å². The summed E-state index contributed by atoms with van der Waals surface area (Å²) in [7, 11) is 0. The number of para-hydroxylation sites is 1. The number of hydrogen-bond acceptors (Lipinski definition) is 4. The Morgan fingerprint density at radius 2 is 1.43 bits per heavy atom. The highest BCUT2D eigenvalue weighted by molar-refractivity contribution is 6.09. The van der Waals surface area contributed by atoms with E-state index in [1.54, 1.807) is 0 Å². The third kappa shape index (κ3) is 3.58. The maximum absolute atomic E-state index is 6.68. The Labute approximate surface area is 245 Å². The molecule has 8 rings (SSSR count). The van der Waals surface area contributed by atoms with Gasteiger partial charge in [0, 0.05) is 44.5 Å². The molecule has 0 saturated heterocycles. The number of hydrogen-bond donors (Lipinski definition) is 0. The van der Waals surface area contributed by atoms with E-state index < -0.39 is 0 Å². The molecule has 0 radical (unpaired) electrons. The van der Waals surface area contributed by atoms with Crippen molar-refractivity contribution in [3.63, 3.8) is 0 Å². The molecule has 0 unspecified atom stereocenters. The molecule has 4 nitrogen and oxygen atoms in total. The lowest BCUT2D eigenvalue weighted by Gasteiger charge is -2.31. The SMILES string of the molecule is CCCC1(CCC)c2ccccc2-c2ccc3c(oc4ncc(-c5nc(-c6ccccc6)c6ccccc6n5)cc43)c21. The second-order valence-electron chi connectivity index (χ2n) is 11.5. The smallest absolute Gasteiger partial charge is 0.227 e. The highest BCUT2D eigenvalue weighted by Crippen LogP contribution is 2.56. The number of nitrogens with zero attached hydrogens (tertiary/aromatic N) is 3. The van der Waals surface area contributed by atoms with Gasteiger partial charge >= 0.3 is 0 Å². The van der Waals surface area contributed by atoms with E-state index in [1.165, 1.54) is 22.3 Å². The van der Waals surface area contributed by atoms with Gasteiger partial charge in [0.1, 0.15) is 5.58 Å². The summed E-state index contributed by atoms with van der Waals surface area (Å²) < 4.78 is 6.68. The minimum Gasteiger partial charge on any atom is -0.437 e. The van der Waals surface area contributed by atoms with Crippen molar-refractivity contribution >= 4 is 33.0 Å². The summed E-state index contributed by atoms with van der Waals surface area (Å²) in [6.45, 7) is 4.58. The van der Waals surface area contributed by atoms with Gasteiger partial charge in [-0.3, -0.25) is 0 Å². The summed E-state index contributed by atoms with van der Waals surface area (Å²) in [5.74, 6) is 0.663. The number of rotatable bonds is 6. The van der Waals surface area contributed by atoms with Crippen molar-refractivity contribution in [1.82, 2.24) is 15.0 Å². The highest BCUT2D eigenvalue weighted by Gasteiger charge is 2.44. The molecule has 7 aromatic rings. The van der Waals surface area contributed by atoms with Crippen LogP contribution in [0.25, 0.3) is 66.7 Å². The molecule has 1 aliphatic rings. The zero-order valence-electron chi connectivity index (χ0n) is 23.9. The number of furan rings is 1. The van der Waals surface area contributed by atoms with Crippen molar-refractivity contribution in [2.24, 2.45) is 0 Å². The van der Waals surface area contributed by atoms with Crippen molar-refractivity contribution in [3.8, 4) is 33.8 Å². The fraction of sp³-hybridized carbons (Fsp3) is 0.184. The van der Waals surface area contributed by atoms with E-state index in [-0.39, 0.29) is 5.41 Å². The van der Waals surface area contributed by atoms with Crippen LogP contribution in [0, 0.1) is 0 Å². The van der Waals surface area contributed by atoms with Gasteiger partial charge in [0.25, 0.3) is 0 Å². The van der Waals surface area contributed by atoms with E-state index >= 15 is 0 Å². The zero-order valence-corrected chi connectivity index (χ0v) is 23.9. The lowest BCUT2D eigenvalue weighted by atomic mass is 9.71. The van der Waals surface area contributed by atoms with Gasteiger partial charge in [-0.15, -0.1) is 0 Å². The Balaban J connectivity index is 1.36. The van der Waals surface area contributed by atoms with Crippen LogP contribution >= 0.6 is 0 Å². The fourth-order valence-electron chi connectivity index (χ4n) is 7.34. The molecule has 0 saturated carbocycles. The molecule has 0 bridgehead atoms. The van der Waals surface area contributed by atoms with Crippen LogP contribution < -0.4 is 0 Å². The second kappa shape index (κ2) is 9.63. The molecule has 3 aromatic heterocycles. The summed E-state index contributed by atoms with van der Waals surface area (Å²) in [4.78, 5) is 14.9. The van der Waals surface area contributed by atoms with Gasteiger partial charge in [-0.25, -0.2) is 15.0 Å². The van der Waals surface area contributed by atoms with E-state index in [0.717, 1.165) is 69.8 Å². The van der Waals surface area contributed by atoms with Gasteiger partial charge in [-0.05, 0) is 47.7 Å². The molecular weight excluding hydrogens is 514 g/mol. The van der Waals surface area contributed by atoms with Crippen molar-refractivity contribution in [2.75, 3.05) is 0 Å². The molecule has 0 aliphatic heterocycles. The van der Waals surface area contributed by atoms with Gasteiger partial charge < -0.3 is 4.42 Å². The maximum Gasteiger partial charge on any atom is 0.227 e. The lowest BCUT2D eigenvalue weighted by molar-refractivity contribution is 0.433.